The lowest BCUT2D eigenvalue weighted by Gasteiger charge is -2.37. The Labute approximate surface area is 111 Å². The third-order valence-electron chi connectivity index (χ3n) is 3.46. The number of esters is 1. The van der Waals surface area contributed by atoms with Gasteiger partial charge in [-0.3, -0.25) is 9.69 Å². The molecule has 1 N–H and O–H groups in total. The molecule has 0 bridgehead atoms. The van der Waals surface area contributed by atoms with Crippen molar-refractivity contribution in [2.75, 3.05) is 20.1 Å². The van der Waals surface area contributed by atoms with Crippen LogP contribution in [0.2, 0.25) is 0 Å². The van der Waals surface area contributed by atoms with Crippen LogP contribution in [0.1, 0.15) is 41.0 Å². The third kappa shape index (κ3) is 4.58. The number of hydrogen-bond acceptors (Lipinski definition) is 4. The normalized spacial score (nSPS) is 25.6. The number of carbonyl (C=O) groups excluding carboxylic acids is 1. The van der Waals surface area contributed by atoms with E-state index in [-0.39, 0.29) is 11.9 Å². The van der Waals surface area contributed by atoms with Gasteiger partial charge in [0.2, 0.25) is 0 Å². The van der Waals surface area contributed by atoms with Crippen LogP contribution in [-0.4, -0.2) is 48.7 Å². The van der Waals surface area contributed by atoms with Gasteiger partial charge in [0.05, 0.1) is 5.92 Å². The highest BCUT2D eigenvalue weighted by atomic mass is 16.6. The zero-order valence-electron chi connectivity index (χ0n) is 12.6. The van der Waals surface area contributed by atoms with Crippen LogP contribution in [0.5, 0.6) is 0 Å². The van der Waals surface area contributed by atoms with Gasteiger partial charge >= 0.3 is 5.97 Å². The molecule has 1 saturated heterocycles. The van der Waals surface area contributed by atoms with E-state index in [9.17, 15) is 4.79 Å². The maximum Gasteiger partial charge on any atom is 0.310 e. The van der Waals surface area contributed by atoms with Crippen molar-refractivity contribution in [2.24, 2.45) is 5.92 Å². The minimum Gasteiger partial charge on any atom is -0.460 e. The van der Waals surface area contributed by atoms with Crippen LogP contribution >= 0.6 is 0 Å². The molecule has 18 heavy (non-hydrogen) atoms. The third-order valence-corrected chi connectivity index (χ3v) is 3.46. The van der Waals surface area contributed by atoms with E-state index in [2.05, 4.69) is 31.1 Å². The first-order valence-electron chi connectivity index (χ1n) is 6.86. The molecule has 4 heteroatoms. The lowest BCUT2D eigenvalue weighted by molar-refractivity contribution is -0.161. The van der Waals surface area contributed by atoms with Gasteiger partial charge in [-0.1, -0.05) is 0 Å². The number of nitrogens with zero attached hydrogens (tertiary/aromatic N) is 1. The Balaban J connectivity index is 2.56. The van der Waals surface area contributed by atoms with Gasteiger partial charge in [-0.2, -0.15) is 0 Å². The van der Waals surface area contributed by atoms with Gasteiger partial charge in [0.15, 0.2) is 0 Å². The van der Waals surface area contributed by atoms with Gasteiger partial charge in [0, 0.05) is 25.2 Å². The Morgan fingerprint density at radius 1 is 1.33 bits per heavy atom. The topological polar surface area (TPSA) is 41.6 Å². The molecule has 4 nitrogen and oxygen atoms in total. The van der Waals surface area contributed by atoms with E-state index in [1.54, 1.807) is 0 Å². The van der Waals surface area contributed by atoms with Crippen LogP contribution in [-0.2, 0) is 9.53 Å². The monoisotopic (exact) mass is 256 g/mol. The average molecular weight is 256 g/mol. The zero-order chi connectivity index (χ0) is 13.9. The van der Waals surface area contributed by atoms with Crippen LogP contribution < -0.4 is 5.32 Å². The SMILES string of the molecule is CC(C)N(C)[C@H]1CNC[C@@H](C(=O)OC(C)(C)C)C1. The Morgan fingerprint density at radius 2 is 1.94 bits per heavy atom. The van der Waals surface area contributed by atoms with E-state index in [1.165, 1.54) is 0 Å². The fraction of sp³-hybridized carbons (Fsp3) is 0.929. The summed E-state index contributed by atoms with van der Waals surface area (Å²) >= 11 is 0. The van der Waals surface area contributed by atoms with Crippen LogP contribution in [0, 0.1) is 5.92 Å². The average Bonchev–Trinajstić information content (AvgIpc) is 2.25. The first kappa shape index (κ1) is 15.4. The van der Waals surface area contributed by atoms with Gasteiger partial charge in [-0.05, 0) is 48.1 Å². The number of rotatable bonds is 3. The molecule has 0 aromatic rings. The molecule has 1 aliphatic heterocycles. The van der Waals surface area contributed by atoms with Crippen LogP contribution in [0.25, 0.3) is 0 Å². The molecule has 1 fully saturated rings. The summed E-state index contributed by atoms with van der Waals surface area (Å²) < 4.78 is 5.47. The van der Waals surface area contributed by atoms with E-state index in [0.717, 1.165) is 19.5 Å². The Kier molecular flexibility index (Phi) is 5.17. The fourth-order valence-corrected chi connectivity index (χ4v) is 2.22. The molecule has 0 aliphatic carbocycles. The second-order valence-corrected chi connectivity index (χ2v) is 6.54. The molecule has 106 valence electrons. The molecule has 0 amide bonds. The molecule has 0 saturated carbocycles. The van der Waals surface area contributed by atoms with Gasteiger partial charge in [-0.15, -0.1) is 0 Å². The lowest BCUT2D eigenvalue weighted by Crippen LogP contribution is -2.51. The van der Waals surface area contributed by atoms with Crippen molar-refractivity contribution in [2.45, 2.75) is 58.7 Å². The minimum atomic E-state index is -0.395. The highest BCUT2D eigenvalue weighted by Crippen LogP contribution is 2.20. The molecule has 0 aromatic carbocycles. The van der Waals surface area contributed by atoms with Gasteiger partial charge < -0.3 is 10.1 Å². The molecule has 1 heterocycles. The minimum absolute atomic E-state index is 0.0239. The lowest BCUT2D eigenvalue weighted by atomic mass is 9.94. The van der Waals surface area contributed by atoms with E-state index in [1.807, 2.05) is 20.8 Å². The van der Waals surface area contributed by atoms with Gasteiger partial charge in [0.25, 0.3) is 0 Å². The smallest absolute Gasteiger partial charge is 0.310 e. The second kappa shape index (κ2) is 6.02. The summed E-state index contributed by atoms with van der Waals surface area (Å²) in [6.45, 7) is 11.8. The van der Waals surface area contributed by atoms with Gasteiger partial charge in [0.1, 0.15) is 5.60 Å². The number of hydrogen-bond donors (Lipinski definition) is 1. The maximum absolute atomic E-state index is 12.1. The number of piperidine rings is 1. The van der Waals surface area contributed by atoms with E-state index in [4.69, 9.17) is 4.74 Å². The standard InChI is InChI=1S/C14H28N2O2/c1-10(2)16(6)12-7-11(8-15-9-12)13(17)18-14(3,4)5/h10-12,15H,7-9H2,1-6H3/t11-,12+/m0/s1. The summed E-state index contributed by atoms with van der Waals surface area (Å²) in [6, 6.07) is 0.908. The predicted molar refractivity (Wildman–Crippen MR) is 73.5 cm³/mol. The first-order chi connectivity index (χ1) is 8.20. The highest BCUT2D eigenvalue weighted by Gasteiger charge is 2.32. The summed E-state index contributed by atoms with van der Waals surface area (Å²) in [6.07, 6.45) is 0.886. The van der Waals surface area contributed by atoms with Crippen molar-refractivity contribution in [3.05, 3.63) is 0 Å². The Hall–Kier alpha value is -0.610. The molecule has 2 atom stereocenters. The summed E-state index contributed by atoms with van der Waals surface area (Å²) in [5.74, 6) is -0.0963. The molecular weight excluding hydrogens is 228 g/mol. The van der Waals surface area contributed by atoms with E-state index >= 15 is 0 Å². The van der Waals surface area contributed by atoms with E-state index in [0.29, 0.717) is 12.1 Å². The molecule has 0 radical (unpaired) electrons. The highest BCUT2D eigenvalue weighted by molar-refractivity contribution is 5.73. The maximum atomic E-state index is 12.1. The summed E-state index contributed by atoms with van der Waals surface area (Å²) in [4.78, 5) is 14.4. The van der Waals surface area contributed by atoms with Crippen LogP contribution in [0.15, 0.2) is 0 Å². The zero-order valence-corrected chi connectivity index (χ0v) is 12.6. The van der Waals surface area contributed by atoms with Gasteiger partial charge in [-0.25, -0.2) is 0 Å². The Morgan fingerprint density at radius 3 is 2.44 bits per heavy atom. The predicted octanol–water partition coefficient (Wildman–Crippen LogP) is 1.65. The summed E-state index contributed by atoms with van der Waals surface area (Å²) in [7, 11) is 2.12. The molecule has 0 aromatic heterocycles. The number of carbonyl (C=O) groups is 1. The summed E-state index contributed by atoms with van der Waals surface area (Å²) in [5, 5.41) is 3.34. The van der Waals surface area contributed by atoms with Crippen LogP contribution in [0.3, 0.4) is 0 Å². The van der Waals surface area contributed by atoms with Crippen molar-refractivity contribution in [3.8, 4) is 0 Å². The molecule has 1 aliphatic rings. The number of likely N-dealkylation sites (N-methyl/N-ethyl adjacent to an activating group) is 1. The first-order valence-corrected chi connectivity index (χ1v) is 6.86. The van der Waals surface area contributed by atoms with Crippen molar-refractivity contribution < 1.29 is 9.53 Å². The molecule has 0 spiro atoms. The van der Waals surface area contributed by atoms with Crippen LogP contribution in [0.4, 0.5) is 0 Å². The Bertz CT molecular complexity index is 284. The molecule has 1 rings (SSSR count). The van der Waals surface area contributed by atoms with Crippen molar-refractivity contribution in [1.82, 2.24) is 10.2 Å². The molecule has 0 unspecified atom stereocenters. The number of nitrogens with one attached hydrogen (secondary N) is 1. The quantitative estimate of drug-likeness (QED) is 0.780. The van der Waals surface area contributed by atoms with Crippen molar-refractivity contribution in [3.63, 3.8) is 0 Å². The summed E-state index contributed by atoms with van der Waals surface area (Å²) in [5.41, 5.74) is -0.395. The van der Waals surface area contributed by atoms with E-state index < -0.39 is 5.60 Å². The second-order valence-electron chi connectivity index (χ2n) is 6.54. The van der Waals surface area contributed by atoms with Crippen molar-refractivity contribution in [1.29, 1.82) is 0 Å². The number of ether oxygens (including phenoxy) is 1. The van der Waals surface area contributed by atoms with Crippen molar-refractivity contribution >= 4 is 5.97 Å². The molecular formula is C14H28N2O2. The largest absolute Gasteiger partial charge is 0.460 e. The fourth-order valence-electron chi connectivity index (χ4n) is 2.22.